The van der Waals surface area contributed by atoms with Gasteiger partial charge in [-0.1, -0.05) is 29.4 Å². The van der Waals surface area contributed by atoms with E-state index in [-0.39, 0.29) is 12.5 Å². The minimum absolute atomic E-state index is 0.121. The molecule has 0 radical (unpaired) electrons. The van der Waals surface area contributed by atoms with E-state index in [0.29, 0.717) is 23.2 Å². The van der Waals surface area contributed by atoms with Gasteiger partial charge in [-0.15, -0.1) is 0 Å². The number of aryl methyl sites for hydroxylation is 2. The van der Waals surface area contributed by atoms with E-state index < -0.39 is 6.10 Å². The summed E-state index contributed by atoms with van der Waals surface area (Å²) in [4.78, 5) is 16.6. The number of nitrogens with one attached hydrogen (secondary N) is 1. The van der Waals surface area contributed by atoms with E-state index in [2.05, 4.69) is 15.5 Å². The first-order valence-corrected chi connectivity index (χ1v) is 8.95. The monoisotopic (exact) mass is 381 g/mol. The van der Waals surface area contributed by atoms with Gasteiger partial charge in [0.15, 0.2) is 6.10 Å². The van der Waals surface area contributed by atoms with E-state index in [1.54, 1.807) is 14.0 Å². The maximum Gasteiger partial charge on any atom is 0.261 e. The van der Waals surface area contributed by atoms with Crippen molar-refractivity contribution in [1.82, 2.24) is 15.5 Å². The Morgan fingerprint density at radius 2 is 2.04 bits per heavy atom. The summed E-state index contributed by atoms with van der Waals surface area (Å²) in [6.45, 7) is 5.74. The van der Waals surface area contributed by atoms with Crippen molar-refractivity contribution in [1.29, 1.82) is 0 Å². The molecule has 1 aromatic heterocycles. The predicted molar refractivity (Wildman–Crippen MR) is 104 cm³/mol. The second-order valence-electron chi connectivity index (χ2n) is 6.49. The number of ether oxygens (including phenoxy) is 2. The highest BCUT2D eigenvalue weighted by atomic mass is 16.5. The maximum absolute atomic E-state index is 12.3. The topological polar surface area (TPSA) is 86.5 Å². The molecular weight excluding hydrogens is 358 g/mol. The van der Waals surface area contributed by atoms with Crippen LogP contribution in [0.15, 0.2) is 47.0 Å². The molecule has 146 valence electrons. The van der Waals surface area contributed by atoms with Gasteiger partial charge in [0.25, 0.3) is 5.91 Å². The standard InChI is InChI=1S/C21H23N3O4/c1-13-8-9-14(2)18(10-13)27-15(3)21(25)22-12-19-23-20(24-28-19)16-6-5-7-17(11-16)26-4/h5-11,15H,12H2,1-4H3,(H,22,25)/t15-/m1/s1. The Labute approximate surface area is 163 Å². The number of hydrogen-bond donors (Lipinski definition) is 1. The lowest BCUT2D eigenvalue weighted by Gasteiger charge is -2.16. The lowest BCUT2D eigenvalue weighted by molar-refractivity contribution is -0.127. The zero-order valence-electron chi connectivity index (χ0n) is 16.4. The van der Waals surface area contributed by atoms with Crippen molar-refractivity contribution in [2.24, 2.45) is 0 Å². The lowest BCUT2D eigenvalue weighted by atomic mass is 10.1. The number of rotatable bonds is 7. The summed E-state index contributed by atoms with van der Waals surface area (Å²) < 4.78 is 16.2. The molecule has 1 atom stereocenters. The Morgan fingerprint density at radius 3 is 2.82 bits per heavy atom. The molecule has 3 aromatic rings. The number of carbonyl (C=O) groups excluding carboxylic acids is 1. The van der Waals surface area contributed by atoms with Gasteiger partial charge < -0.3 is 19.3 Å². The number of carbonyl (C=O) groups is 1. The molecule has 1 heterocycles. The quantitative estimate of drug-likeness (QED) is 0.675. The van der Waals surface area contributed by atoms with Crippen LogP contribution < -0.4 is 14.8 Å². The third-order valence-corrected chi connectivity index (χ3v) is 4.23. The van der Waals surface area contributed by atoms with Crippen molar-refractivity contribution in [2.75, 3.05) is 7.11 Å². The minimum Gasteiger partial charge on any atom is -0.497 e. The van der Waals surface area contributed by atoms with Crippen LogP contribution in [0.3, 0.4) is 0 Å². The van der Waals surface area contributed by atoms with Crippen molar-refractivity contribution < 1.29 is 18.8 Å². The average molecular weight is 381 g/mol. The van der Waals surface area contributed by atoms with Crippen LogP contribution in [0.5, 0.6) is 11.5 Å². The van der Waals surface area contributed by atoms with Crippen molar-refractivity contribution in [3.05, 3.63) is 59.5 Å². The van der Waals surface area contributed by atoms with Gasteiger partial charge in [-0.05, 0) is 50.1 Å². The van der Waals surface area contributed by atoms with E-state index in [0.717, 1.165) is 16.7 Å². The number of amides is 1. The number of aromatic nitrogens is 2. The molecule has 2 aromatic carbocycles. The van der Waals surface area contributed by atoms with E-state index in [9.17, 15) is 4.79 Å². The smallest absolute Gasteiger partial charge is 0.261 e. The average Bonchev–Trinajstić information content (AvgIpc) is 3.18. The molecule has 3 rings (SSSR count). The fraction of sp³-hybridized carbons (Fsp3) is 0.286. The van der Waals surface area contributed by atoms with Crippen LogP contribution >= 0.6 is 0 Å². The molecule has 0 unspecified atom stereocenters. The molecule has 0 saturated carbocycles. The minimum atomic E-state index is -0.652. The summed E-state index contributed by atoms with van der Waals surface area (Å²) in [5.41, 5.74) is 2.82. The van der Waals surface area contributed by atoms with Gasteiger partial charge in [-0.25, -0.2) is 0 Å². The normalized spacial score (nSPS) is 11.7. The van der Waals surface area contributed by atoms with E-state index in [1.807, 2.05) is 56.3 Å². The third-order valence-electron chi connectivity index (χ3n) is 4.23. The van der Waals surface area contributed by atoms with Crippen molar-refractivity contribution in [2.45, 2.75) is 33.4 Å². The molecule has 0 bridgehead atoms. The summed E-state index contributed by atoms with van der Waals surface area (Å²) in [6.07, 6.45) is -0.652. The van der Waals surface area contributed by atoms with Gasteiger partial charge in [0.1, 0.15) is 11.5 Å². The summed E-state index contributed by atoms with van der Waals surface area (Å²) >= 11 is 0. The van der Waals surface area contributed by atoms with Gasteiger partial charge in [-0.2, -0.15) is 4.98 Å². The molecule has 28 heavy (non-hydrogen) atoms. The van der Waals surface area contributed by atoms with Crippen LogP contribution in [-0.2, 0) is 11.3 Å². The van der Waals surface area contributed by atoms with Gasteiger partial charge in [0.2, 0.25) is 11.7 Å². The second kappa shape index (κ2) is 8.56. The summed E-state index contributed by atoms with van der Waals surface area (Å²) in [5, 5.41) is 6.70. The van der Waals surface area contributed by atoms with Crippen LogP contribution in [0.2, 0.25) is 0 Å². The Morgan fingerprint density at radius 1 is 1.21 bits per heavy atom. The molecule has 0 aliphatic heterocycles. The Hall–Kier alpha value is -3.35. The fourth-order valence-electron chi connectivity index (χ4n) is 2.59. The number of hydrogen-bond acceptors (Lipinski definition) is 6. The maximum atomic E-state index is 12.3. The van der Waals surface area contributed by atoms with Crippen LogP contribution in [0.4, 0.5) is 0 Å². The molecule has 7 nitrogen and oxygen atoms in total. The van der Waals surface area contributed by atoms with Crippen LogP contribution in [0.25, 0.3) is 11.4 Å². The van der Waals surface area contributed by atoms with Gasteiger partial charge in [0.05, 0.1) is 13.7 Å². The van der Waals surface area contributed by atoms with Crippen molar-refractivity contribution in [3.63, 3.8) is 0 Å². The lowest BCUT2D eigenvalue weighted by Crippen LogP contribution is -2.36. The fourth-order valence-corrected chi connectivity index (χ4v) is 2.59. The summed E-state index contributed by atoms with van der Waals surface area (Å²) in [6, 6.07) is 13.2. The Balaban J connectivity index is 1.58. The molecule has 0 fully saturated rings. The first kappa shape index (κ1) is 19.4. The first-order chi connectivity index (χ1) is 13.5. The zero-order chi connectivity index (χ0) is 20.1. The number of methoxy groups -OCH3 is 1. The molecule has 0 aliphatic rings. The highest BCUT2D eigenvalue weighted by Gasteiger charge is 2.17. The van der Waals surface area contributed by atoms with Crippen LogP contribution in [-0.4, -0.2) is 29.3 Å². The van der Waals surface area contributed by atoms with Gasteiger partial charge in [-0.3, -0.25) is 4.79 Å². The zero-order valence-corrected chi connectivity index (χ0v) is 16.4. The molecule has 0 saturated heterocycles. The number of benzene rings is 2. The summed E-state index contributed by atoms with van der Waals surface area (Å²) in [7, 11) is 1.60. The van der Waals surface area contributed by atoms with Crippen LogP contribution in [0, 0.1) is 13.8 Å². The third kappa shape index (κ3) is 4.68. The molecule has 7 heteroatoms. The van der Waals surface area contributed by atoms with Crippen molar-refractivity contribution >= 4 is 5.91 Å². The Bertz CT molecular complexity index is 968. The van der Waals surface area contributed by atoms with E-state index in [4.69, 9.17) is 14.0 Å². The first-order valence-electron chi connectivity index (χ1n) is 8.95. The molecule has 1 N–H and O–H groups in total. The summed E-state index contributed by atoms with van der Waals surface area (Å²) in [5.74, 6) is 1.88. The molecular formula is C21H23N3O4. The molecule has 0 aliphatic carbocycles. The Kier molecular flexibility index (Phi) is 5.93. The largest absolute Gasteiger partial charge is 0.497 e. The van der Waals surface area contributed by atoms with Crippen LogP contribution in [0.1, 0.15) is 23.9 Å². The highest BCUT2D eigenvalue weighted by molar-refractivity contribution is 5.80. The van der Waals surface area contributed by atoms with Crippen molar-refractivity contribution in [3.8, 4) is 22.9 Å². The predicted octanol–water partition coefficient (Wildman–Crippen LogP) is 3.45. The highest BCUT2D eigenvalue weighted by Crippen LogP contribution is 2.22. The number of nitrogens with zero attached hydrogens (tertiary/aromatic N) is 2. The van der Waals surface area contributed by atoms with E-state index >= 15 is 0 Å². The molecule has 1 amide bonds. The van der Waals surface area contributed by atoms with E-state index in [1.165, 1.54) is 0 Å². The SMILES string of the molecule is COc1cccc(-c2noc(CNC(=O)[C@@H](C)Oc3cc(C)ccc3C)n2)c1. The molecule has 0 spiro atoms. The van der Waals surface area contributed by atoms with Gasteiger partial charge >= 0.3 is 0 Å². The van der Waals surface area contributed by atoms with Gasteiger partial charge in [0, 0.05) is 5.56 Å². The second-order valence-corrected chi connectivity index (χ2v) is 6.49.